The molecular formula is C15H28N2O. The molecule has 0 aliphatic heterocycles. The van der Waals surface area contributed by atoms with Crippen LogP contribution in [0.1, 0.15) is 64.7 Å². The smallest absolute Gasteiger partial charge is 0.224 e. The number of carbonyl (C=O) groups is 1. The highest BCUT2D eigenvalue weighted by atomic mass is 16.2. The van der Waals surface area contributed by atoms with Crippen molar-refractivity contribution in [1.29, 1.82) is 0 Å². The van der Waals surface area contributed by atoms with Crippen LogP contribution < -0.4 is 11.1 Å². The maximum atomic E-state index is 12.3. The highest BCUT2D eigenvalue weighted by Crippen LogP contribution is 2.34. The Morgan fingerprint density at radius 3 is 2.61 bits per heavy atom. The van der Waals surface area contributed by atoms with Gasteiger partial charge in [-0.25, -0.2) is 0 Å². The van der Waals surface area contributed by atoms with E-state index >= 15 is 0 Å². The molecule has 0 aromatic carbocycles. The lowest BCUT2D eigenvalue weighted by molar-refractivity contribution is -0.126. The maximum absolute atomic E-state index is 12.3. The molecule has 18 heavy (non-hydrogen) atoms. The first kappa shape index (κ1) is 13.9. The van der Waals surface area contributed by atoms with Crippen molar-refractivity contribution in [3.8, 4) is 0 Å². The second kappa shape index (κ2) is 6.55. The molecule has 0 aromatic heterocycles. The number of hydrogen-bond donors (Lipinski definition) is 2. The maximum Gasteiger partial charge on any atom is 0.224 e. The van der Waals surface area contributed by atoms with Crippen LogP contribution in [0.2, 0.25) is 0 Å². The summed E-state index contributed by atoms with van der Waals surface area (Å²) >= 11 is 0. The zero-order valence-corrected chi connectivity index (χ0v) is 11.7. The van der Waals surface area contributed by atoms with Gasteiger partial charge in [-0.1, -0.05) is 39.0 Å². The number of nitrogens with one attached hydrogen (secondary N) is 1. The van der Waals surface area contributed by atoms with Crippen LogP contribution >= 0.6 is 0 Å². The van der Waals surface area contributed by atoms with Crippen LogP contribution in [-0.4, -0.2) is 18.0 Å². The van der Waals surface area contributed by atoms with Crippen LogP contribution in [-0.2, 0) is 4.79 Å². The highest BCUT2D eigenvalue weighted by Gasteiger charge is 2.30. The highest BCUT2D eigenvalue weighted by molar-refractivity contribution is 5.79. The number of nitrogens with two attached hydrogens (primary N) is 1. The second-order valence-corrected chi connectivity index (χ2v) is 6.20. The van der Waals surface area contributed by atoms with Gasteiger partial charge in [-0.15, -0.1) is 0 Å². The SMILES string of the molecule is CCC(CC1CC1)NC(=O)C1CCCCCC1N. The lowest BCUT2D eigenvalue weighted by Crippen LogP contribution is -2.45. The van der Waals surface area contributed by atoms with Crippen LogP contribution in [0.15, 0.2) is 0 Å². The van der Waals surface area contributed by atoms with E-state index in [2.05, 4.69) is 12.2 Å². The Morgan fingerprint density at radius 1 is 1.22 bits per heavy atom. The molecule has 3 atom stereocenters. The topological polar surface area (TPSA) is 55.1 Å². The molecule has 0 saturated heterocycles. The quantitative estimate of drug-likeness (QED) is 0.739. The van der Waals surface area contributed by atoms with E-state index in [-0.39, 0.29) is 17.9 Å². The molecule has 2 saturated carbocycles. The van der Waals surface area contributed by atoms with E-state index in [0.29, 0.717) is 6.04 Å². The Labute approximate surface area is 111 Å². The first-order chi connectivity index (χ1) is 8.70. The molecule has 0 bridgehead atoms. The fraction of sp³-hybridized carbons (Fsp3) is 0.933. The summed E-state index contributed by atoms with van der Waals surface area (Å²) in [5.41, 5.74) is 6.15. The van der Waals surface area contributed by atoms with Gasteiger partial charge >= 0.3 is 0 Å². The van der Waals surface area contributed by atoms with Crippen molar-refractivity contribution in [2.45, 2.75) is 76.8 Å². The predicted octanol–water partition coefficient (Wildman–Crippen LogP) is 2.59. The number of amides is 1. The third-order valence-corrected chi connectivity index (χ3v) is 4.56. The Morgan fingerprint density at radius 2 is 1.94 bits per heavy atom. The van der Waals surface area contributed by atoms with Crippen molar-refractivity contribution in [2.75, 3.05) is 0 Å². The lowest BCUT2D eigenvalue weighted by Gasteiger charge is -2.24. The van der Waals surface area contributed by atoms with Crippen molar-refractivity contribution >= 4 is 5.91 Å². The van der Waals surface area contributed by atoms with Gasteiger partial charge < -0.3 is 11.1 Å². The van der Waals surface area contributed by atoms with E-state index in [4.69, 9.17) is 5.73 Å². The summed E-state index contributed by atoms with van der Waals surface area (Å²) in [6.07, 6.45) is 10.5. The second-order valence-electron chi connectivity index (χ2n) is 6.20. The Kier molecular flexibility index (Phi) is 5.04. The van der Waals surface area contributed by atoms with Gasteiger partial charge in [0.1, 0.15) is 0 Å². The van der Waals surface area contributed by atoms with Crippen LogP contribution in [0.5, 0.6) is 0 Å². The average Bonchev–Trinajstić information content (AvgIpc) is 3.16. The van der Waals surface area contributed by atoms with Crippen LogP contribution in [0.4, 0.5) is 0 Å². The number of rotatable bonds is 5. The van der Waals surface area contributed by atoms with Gasteiger partial charge in [-0.3, -0.25) is 4.79 Å². The van der Waals surface area contributed by atoms with Gasteiger partial charge in [0.2, 0.25) is 5.91 Å². The summed E-state index contributed by atoms with van der Waals surface area (Å²) in [6, 6.07) is 0.450. The molecule has 104 valence electrons. The zero-order valence-electron chi connectivity index (χ0n) is 11.7. The van der Waals surface area contributed by atoms with Gasteiger partial charge in [0.15, 0.2) is 0 Å². The molecule has 3 N–H and O–H groups in total. The summed E-state index contributed by atoms with van der Waals surface area (Å²) in [4.78, 5) is 12.3. The zero-order chi connectivity index (χ0) is 13.0. The van der Waals surface area contributed by atoms with Crippen molar-refractivity contribution in [3.05, 3.63) is 0 Å². The molecule has 0 spiro atoms. The van der Waals surface area contributed by atoms with E-state index in [1.54, 1.807) is 0 Å². The van der Waals surface area contributed by atoms with Crippen molar-refractivity contribution in [2.24, 2.45) is 17.6 Å². The summed E-state index contributed by atoms with van der Waals surface area (Å²) in [7, 11) is 0. The molecule has 2 rings (SSSR count). The van der Waals surface area contributed by atoms with Crippen LogP contribution in [0.3, 0.4) is 0 Å². The molecule has 3 heteroatoms. The van der Waals surface area contributed by atoms with Gasteiger partial charge in [0.25, 0.3) is 0 Å². The van der Waals surface area contributed by atoms with E-state index in [1.165, 1.54) is 32.1 Å². The molecule has 2 aliphatic rings. The Balaban J connectivity index is 1.83. The van der Waals surface area contributed by atoms with E-state index in [1.807, 2.05) is 0 Å². The van der Waals surface area contributed by atoms with Crippen molar-refractivity contribution in [3.63, 3.8) is 0 Å². The van der Waals surface area contributed by atoms with Gasteiger partial charge in [-0.05, 0) is 31.6 Å². The van der Waals surface area contributed by atoms with Crippen LogP contribution in [0, 0.1) is 11.8 Å². The lowest BCUT2D eigenvalue weighted by atomic mass is 9.94. The average molecular weight is 252 g/mol. The molecule has 1 amide bonds. The minimum atomic E-state index is 0.0563. The molecule has 0 heterocycles. The molecule has 2 aliphatic carbocycles. The molecule has 0 radical (unpaired) electrons. The first-order valence-electron chi connectivity index (χ1n) is 7.76. The number of carbonyl (C=O) groups excluding carboxylic acids is 1. The van der Waals surface area contributed by atoms with Crippen molar-refractivity contribution < 1.29 is 4.79 Å². The Bertz CT molecular complexity index is 276. The van der Waals surface area contributed by atoms with Crippen LogP contribution in [0.25, 0.3) is 0 Å². The molecule has 0 aromatic rings. The van der Waals surface area contributed by atoms with Crippen molar-refractivity contribution in [1.82, 2.24) is 5.32 Å². The fourth-order valence-electron chi connectivity index (χ4n) is 3.05. The van der Waals surface area contributed by atoms with Gasteiger partial charge in [0.05, 0.1) is 5.92 Å². The molecular weight excluding hydrogens is 224 g/mol. The summed E-state index contributed by atoms with van der Waals surface area (Å²) in [6.45, 7) is 2.17. The molecule has 3 nitrogen and oxygen atoms in total. The minimum absolute atomic E-state index is 0.0563. The van der Waals surface area contributed by atoms with Gasteiger partial charge in [0, 0.05) is 12.1 Å². The van der Waals surface area contributed by atoms with E-state index in [9.17, 15) is 4.79 Å². The largest absolute Gasteiger partial charge is 0.353 e. The standard InChI is InChI=1S/C15H28N2O/c1-2-12(10-11-8-9-11)17-15(18)13-6-4-3-5-7-14(13)16/h11-14H,2-10,16H2,1H3,(H,17,18). The Hall–Kier alpha value is -0.570. The first-order valence-corrected chi connectivity index (χ1v) is 7.76. The van der Waals surface area contributed by atoms with Gasteiger partial charge in [-0.2, -0.15) is 0 Å². The third-order valence-electron chi connectivity index (χ3n) is 4.56. The summed E-state index contributed by atoms with van der Waals surface area (Å²) < 4.78 is 0. The number of hydrogen-bond acceptors (Lipinski definition) is 2. The van der Waals surface area contributed by atoms with E-state index in [0.717, 1.165) is 31.6 Å². The minimum Gasteiger partial charge on any atom is -0.353 e. The molecule has 2 fully saturated rings. The summed E-state index contributed by atoms with van der Waals surface area (Å²) in [5, 5.41) is 3.25. The fourth-order valence-corrected chi connectivity index (χ4v) is 3.05. The summed E-state index contributed by atoms with van der Waals surface area (Å²) in [5.74, 6) is 1.15. The normalized spacial score (nSPS) is 30.6. The monoisotopic (exact) mass is 252 g/mol. The predicted molar refractivity (Wildman–Crippen MR) is 74.1 cm³/mol. The van der Waals surface area contributed by atoms with E-state index < -0.39 is 0 Å². The third kappa shape index (κ3) is 3.98. The molecule has 3 unspecified atom stereocenters.